The van der Waals surface area contributed by atoms with Gasteiger partial charge in [0.15, 0.2) is 0 Å². The SMILES string of the molecule is COc1ncccc1COc1cc(C(=O)O)ccc1C. The van der Waals surface area contributed by atoms with Gasteiger partial charge in [-0.15, -0.1) is 0 Å². The Balaban J connectivity index is 2.18. The van der Waals surface area contributed by atoms with Gasteiger partial charge in [-0.05, 0) is 36.8 Å². The quantitative estimate of drug-likeness (QED) is 0.907. The molecular formula is C15H15NO4. The maximum absolute atomic E-state index is 11.0. The fourth-order valence-corrected chi connectivity index (χ4v) is 1.76. The predicted octanol–water partition coefficient (Wildman–Crippen LogP) is 2.68. The number of rotatable bonds is 5. The Labute approximate surface area is 116 Å². The Kier molecular flexibility index (Phi) is 4.20. The molecule has 0 unspecified atom stereocenters. The normalized spacial score (nSPS) is 10.1. The van der Waals surface area contributed by atoms with Crippen LogP contribution in [0.3, 0.4) is 0 Å². The number of aryl methyl sites for hydroxylation is 1. The lowest BCUT2D eigenvalue weighted by atomic mass is 10.1. The van der Waals surface area contributed by atoms with E-state index in [-0.39, 0.29) is 12.2 Å². The summed E-state index contributed by atoms with van der Waals surface area (Å²) in [6.45, 7) is 2.13. The fourth-order valence-electron chi connectivity index (χ4n) is 1.76. The van der Waals surface area contributed by atoms with Crippen molar-refractivity contribution in [3.63, 3.8) is 0 Å². The van der Waals surface area contributed by atoms with Crippen LogP contribution in [-0.2, 0) is 6.61 Å². The van der Waals surface area contributed by atoms with E-state index >= 15 is 0 Å². The van der Waals surface area contributed by atoms with Crippen molar-refractivity contribution in [2.45, 2.75) is 13.5 Å². The zero-order chi connectivity index (χ0) is 14.5. The van der Waals surface area contributed by atoms with Crippen molar-refractivity contribution in [2.24, 2.45) is 0 Å². The molecule has 5 heteroatoms. The smallest absolute Gasteiger partial charge is 0.335 e. The molecule has 0 aliphatic rings. The van der Waals surface area contributed by atoms with E-state index in [1.54, 1.807) is 31.5 Å². The molecule has 0 amide bonds. The molecule has 0 saturated carbocycles. The number of nitrogens with zero attached hydrogens (tertiary/aromatic N) is 1. The maximum Gasteiger partial charge on any atom is 0.335 e. The van der Waals surface area contributed by atoms with Crippen molar-refractivity contribution in [3.05, 3.63) is 53.2 Å². The zero-order valence-corrected chi connectivity index (χ0v) is 11.3. The second kappa shape index (κ2) is 6.06. The minimum absolute atomic E-state index is 0.198. The van der Waals surface area contributed by atoms with E-state index in [0.717, 1.165) is 11.1 Å². The van der Waals surface area contributed by atoms with Crippen LogP contribution >= 0.6 is 0 Å². The highest BCUT2D eigenvalue weighted by Crippen LogP contribution is 2.22. The lowest BCUT2D eigenvalue weighted by Gasteiger charge is -2.11. The van der Waals surface area contributed by atoms with Gasteiger partial charge in [-0.3, -0.25) is 0 Å². The number of carboxylic acid groups (broad SMARTS) is 1. The van der Waals surface area contributed by atoms with Crippen LogP contribution < -0.4 is 9.47 Å². The highest BCUT2D eigenvalue weighted by Gasteiger charge is 2.09. The predicted molar refractivity (Wildman–Crippen MR) is 73.3 cm³/mol. The molecular weight excluding hydrogens is 258 g/mol. The number of carboxylic acids is 1. The summed E-state index contributed by atoms with van der Waals surface area (Å²) in [4.78, 5) is 15.0. The molecule has 20 heavy (non-hydrogen) atoms. The average molecular weight is 273 g/mol. The first-order valence-electron chi connectivity index (χ1n) is 6.06. The molecule has 0 bridgehead atoms. The number of aromatic nitrogens is 1. The lowest BCUT2D eigenvalue weighted by Crippen LogP contribution is -2.03. The van der Waals surface area contributed by atoms with Crippen LogP contribution in [0.4, 0.5) is 0 Å². The first kappa shape index (κ1) is 13.9. The molecule has 0 radical (unpaired) electrons. The molecule has 1 N–H and O–H groups in total. The number of hydrogen-bond donors (Lipinski definition) is 1. The highest BCUT2D eigenvalue weighted by molar-refractivity contribution is 5.88. The van der Waals surface area contributed by atoms with Crippen LogP contribution in [0.1, 0.15) is 21.5 Å². The van der Waals surface area contributed by atoms with Crippen molar-refractivity contribution in [1.29, 1.82) is 0 Å². The summed E-state index contributed by atoms with van der Waals surface area (Å²) in [5.74, 6) is 0.0594. The summed E-state index contributed by atoms with van der Waals surface area (Å²) in [7, 11) is 1.54. The van der Waals surface area contributed by atoms with Crippen molar-refractivity contribution in [1.82, 2.24) is 4.98 Å². The van der Waals surface area contributed by atoms with Gasteiger partial charge in [0.25, 0.3) is 0 Å². The first-order chi connectivity index (χ1) is 9.61. The molecule has 0 aliphatic heterocycles. The number of pyridine rings is 1. The summed E-state index contributed by atoms with van der Waals surface area (Å²) in [6.07, 6.45) is 1.64. The molecule has 0 saturated heterocycles. The summed E-state index contributed by atoms with van der Waals surface area (Å²) < 4.78 is 10.8. The van der Waals surface area contributed by atoms with Crippen molar-refractivity contribution >= 4 is 5.97 Å². The lowest BCUT2D eigenvalue weighted by molar-refractivity contribution is 0.0696. The van der Waals surface area contributed by atoms with E-state index in [2.05, 4.69) is 4.98 Å². The van der Waals surface area contributed by atoms with Gasteiger partial charge in [-0.25, -0.2) is 9.78 Å². The van der Waals surface area contributed by atoms with Crippen LogP contribution in [0, 0.1) is 6.92 Å². The number of ether oxygens (including phenoxy) is 2. The Hall–Kier alpha value is -2.56. The molecule has 5 nitrogen and oxygen atoms in total. The Bertz CT molecular complexity index is 625. The van der Waals surface area contributed by atoms with Gasteiger partial charge in [0.05, 0.1) is 18.2 Å². The standard InChI is InChI=1S/C15H15NO4/c1-10-5-6-11(15(17)18)8-13(10)20-9-12-4-3-7-16-14(12)19-2/h3-8H,9H2,1-2H3,(H,17,18). The molecule has 0 fully saturated rings. The third-order valence-corrected chi connectivity index (χ3v) is 2.86. The number of hydrogen-bond acceptors (Lipinski definition) is 4. The minimum Gasteiger partial charge on any atom is -0.488 e. The van der Waals surface area contributed by atoms with Crippen LogP contribution in [0.25, 0.3) is 0 Å². The Morgan fingerprint density at radius 2 is 2.15 bits per heavy atom. The van der Waals surface area contributed by atoms with Gasteiger partial charge in [0.2, 0.25) is 5.88 Å². The van der Waals surface area contributed by atoms with E-state index in [4.69, 9.17) is 14.6 Å². The minimum atomic E-state index is -0.978. The summed E-state index contributed by atoms with van der Waals surface area (Å²) >= 11 is 0. The number of carbonyl (C=O) groups is 1. The fraction of sp³-hybridized carbons (Fsp3) is 0.200. The molecule has 2 aromatic rings. The molecule has 0 spiro atoms. The van der Waals surface area contributed by atoms with Gasteiger partial charge in [0.1, 0.15) is 12.4 Å². The largest absolute Gasteiger partial charge is 0.488 e. The van der Waals surface area contributed by atoms with Crippen molar-refractivity contribution in [2.75, 3.05) is 7.11 Å². The molecule has 1 heterocycles. The van der Waals surface area contributed by atoms with Crippen LogP contribution in [0.2, 0.25) is 0 Å². The van der Waals surface area contributed by atoms with E-state index in [9.17, 15) is 4.79 Å². The van der Waals surface area contributed by atoms with Crippen LogP contribution in [-0.4, -0.2) is 23.2 Å². The van der Waals surface area contributed by atoms with Gasteiger partial charge >= 0.3 is 5.97 Å². The van der Waals surface area contributed by atoms with Crippen molar-refractivity contribution in [3.8, 4) is 11.6 Å². The summed E-state index contributed by atoms with van der Waals surface area (Å²) in [6, 6.07) is 8.43. The van der Waals surface area contributed by atoms with Crippen LogP contribution in [0.5, 0.6) is 11.6 Å². The van der Waals surface area contributed by atoms with Crippen LogP contribution in [0.15, 0.2) is 36.5 Å². The zero-order valence-electron chi connectivity index (χ0n) is 11.3. The van der Waals surface area contributed by atoms with Crippen molar-refractivity contribution < 1.29 is 19.4 Å². The molecule has 1 aromatic carbocycles. The molecule has 1 aromatic heterocycles. The van der Waals surface area contributed by atoms with E-state index in [1.807, 2.05) is 13.0 Å². The third-order valence-electron chi connectivity index (χ3n) is 2.86. The number of benzene rings is 1. The van der Waals surface area contributed by atoms with Gasteiger partial charge in [-0.2, -0.15) is 0 Å². The topological polar surface area (TPSA) is 68.7 Å². The molecule has 104 valence electrons. The van der Waals surface area contributed by atoms with E-state index < -0.39 is 5.97 Å². The number of methoxy groups -OCH3 is 1. The van der Waals surface area contributed by atoms with Gasteiger partial charge in [-0.1, -0.05) is 6.07 Å². The molecule has 2 rings (SSSR count). The number of aromatic carboxylic acids is 1. The summed E-state index contributed by atoms with van der Waals surface area (Å²) in [5.41, 5.74) is 1.87. The van der Waals surface area contributed by atoms with Gasteiger partial charge in [0, 0.05) is 6.20 Å². The maximum atomic E-state index is 11.0. The Morgan fingerprint density at radius 3 is 2.85 bits per heavy atom. The molecule has 0 aliphatic carbocycles. The summed E-state index contributed by atoms with van der Waals surface area (Å²) in [5, 5.41) is 8.98. The van der Waals surface area contributed by atoms with E-state index in [1.165, 1.54) is 6.07 Å². The molecule has 0 atom stereocenters. The highest BCUT2D eigenvalue weighted by atomic mass is 16.5. The third kappa shape index (κ3) is 3.06. The monoisotopic (exact) mass is 273 g/mol. The Morgan fingerprint density at radius 1 is 1.35 bits per heavy atom. The second-order valence-corrected chi connectivity index (χ2v) is 4.25. The van der Waals surface area contributed by atoms with E-state index in [0.29, 0.717) is 11.6 Å². The first-order valence-corrected chi connectivity index (χ1v) is 6.06. The second-order valence-electron chi connectivity index (χ2n) is 4.25. The average Bonchev–Trinajstić information content (AvgIpc) is 2.46. The van der Waals surface area contributed by atoms with Gasteiger partial charge < -0.3 is 14.6 Å².